The molecule has 0 radical (unpaired) electrons. The van der Waals surface area contributed by atoms with Crippen LogP contribution in [0, 0.1) is 5.82 Å². The van der Waals surface area contributed by atoms with E-state index in [1.165, 1.54) is 12.1 Å². The van der Waals surface area contributed by atoms with E-state index >= 15 is 0 Å². The number of amides is 1. The topological polar surface area (TPSA) is 126 Å². The van der Waals surface area contributed by atoms with Crippen LogP contribution in [-0.2, 0) is 0 Å². The number of nitrogens with one attached hydrogen (secondary N) is 4. The monoisotopic (exact) mass is 669 g/mol. The van der Waals surface area contributed by atoms with E-state index in [2.05, 4.69) is 53.1 Å². The minimum atomic E-state index is -0.873. The zero-order valence-electron chi connectivity index (χ0n) is 24.6. The Hall–Kier alpha value is -3.97. The number of carbonyl (C=O) groups excluding carboxylic acids is 1. The van der Waals surface area contributed by atoms with Crippen LogP contribution in [0.2, 0.25) is 0 Å². The summed E-state index contributed by atoms with van der Waals surface area (Å²) in [4.78, 5) is 21.4. The second kappa shape index (κ2) is 19.3. The van der Waals surface area contributed by atoms with Crippen molar-refractivity contribution in [2.75, 3.05) is 30.8 Å². The molecule has 0 bridgehead atoms. The number of likely N-dealkylation sites (N-methyl/N-ethyl adjacent to an activating group) is 1. The highest BCUT2D eigenvalue weighted by atomic mass is 79.9. The molecule has 228 valence electrons. The minimum absolute atomic E-state index is 0.213. The highest BCUT2D eigenvalue weighted by Gasteiger charge is 2.16. The standard InChI is InChI=1S/C20H21BrFN7OS.C9H10O.C2H6/c1-24-9-10-26-31-13-7-5-12(6-8-13)27-20-25-11-14(21)19(29-20)28-16-4-2-3-15(22)17(16)18(23)30;1-8(2)10-9-6-4-3-5-7-9;1-2/h2-8,11,24,26H,9-10H2,1H3,(H2,23,30)(H2,25,27,28,29);3-7H,1H2,2H3;1-2H3. The van der Waals surface area contributed by atoms with Crippen LogP contribution in [0.5, 0.6) is 5.75 Å². The lowest BCUT2D eigenvalue weighted by molar-refractivity contribution is 0.0997. The first-order valence-corrected chi connectivity index (χ1v) is 15.1. The number of para-hydroxylation sites is 1. The predicted octanol–water partition coefficient (Wildman–Crippen LogP) is 7.41. The molecule has 0 spiro atoms. The van der Waals surface area contributed by atoms with Crippen molar-refractivity contribution in [1.82, 2.24) is 20.0 Å². The maximum absolute atomic E-state index is 14.0. The molecule has 4 rings (SSSR count). The molecular weight excluding hydrogens is 633 g/mol. The molecule has 12 heteroatoms. The Labute approximate surface area is 265 Å². The van der Waals surface area contributed by atoms with Crippen LogP contribution in [-0.4, -0.2) is 36.0 Å². The summed E-state index contributed by atoms with van der Waals surface area (Å²) in [5.41, 5.74) is 6.09. The molecule has 9 nitrogen and oxygen atoms in total. The predicted molar refractivity (Wildman–Crippen MR) is 179 cm³/mol. The number of hydrogen-bond donors (Lipinski definition) is 5. The van der Waals surface area contributed by atoms with Crippen LogP contribution >= 0.6 is 27.9 Å². The summed E-state index contributed by atoms with van der Waals surface area (Å²) in [7, 11) is 1.91. The number of allylic oxidation sites excluding steroid dienone is 1. The first-order chi connectivity index (χ1) is 20.8. The Kier molecular flexibility index (Phi) is 15.8. The fourth-order valence-corrected chi connectivity index (χ4v) is 4.19. The van der Waals surface area contributed by atoms with E-state index in [4.69, 9.17) is 10.5 Å². The Morgan fingerprint density at radius 1 is 1.02 bits per heavy atom. The third kappa shape index (κ3) is 12.4. The third-order valence-electron chi connectivity index (χ3n) is 5.07. The number of ether oxygens (including phenoxy) is 1. The van der Waals surface area contributed by atoms with Gasteiger partial charge in [-0.1, -0.05) is 44.7 Å². The van der Waals surface area contributed by atoms with Crippen molar-refractivity contribution in [3.8, 4) is 5.75 Å². The normalized spacial score (nSPS) is 9.91. The summed E-state index contributed by atoms with van der Waals surface area (Å²) in [6.07, 6.45) is 1.55. The van der Waals surface area contributed by atoms with Gasteiger partial charge in [-0.05, 0) is 90.4 Å². The summed E-state index contributed by atoms with van der Waals surface area (Å²) < 4.78 is 23.0. The highest BCUT2D eigenvalue weighted by molar-refractivity contribution is 9.10. The molecule has 3 aromatic carbocycles. The van der Waals surface area contributed by atoms with Crippen LogP contribution in [0.15, 0.2) is 101 Å². The molecule has 43 heavy (non-hydrogen) atoms. The number of carbonyl (C=O) groups is 1. The van der Waals surface area contributed by atoms with Crippen LogP contribution in [0.1, 0.15) is 31.1 Å². The fourth-order valence-electron chi connectivity index (χ4n) is 3.26. The van der Waals surface area contributed by atoms with Gasteiger partial charge in [0, 0.05) is 29.9 Å². The molecule has 4 aromatic rings. The molecule has 0 atom stereocenters. The second-order valence-electron chi connectivity index (χ2n) is 8.41. The van der Waals surface area contributed by atoms with Crippen LogP contribution in [0.4, 0.5) is 27.5 Å². The van der Waals surface area contributed by atoms with Crippen molar-refractivity contribution >= 4 is 56.9 Å². The van der Waals surface area contributed by atoms with E-state index in [1.807, 2.05) is 82.4 Å². The third-order valence-corrected chi connectivity index (χ3v) is 6.51. The average Bonchev–Trinajstić information content (AvgIpc) is 2.99. The van der Waals surface area contributed by atoms with Crippen molar-refractivity contribution < 1.29 is 13.9 Å². The zero-order chi connectivity index (χ0) is 31.6. The van der Waals surface area contributed by atoms with Gasteiger partial charge in [0.15, 0.2) is 0 Å². The van der Waals surface area contributed by atoms with Crippen molar-refractivity contribution in [1.29, 1.82) is 0 Å². The fraction of sp³-hybridized carbons (Fsp3) is 0.194. The maximum atomic E-state index is 14.0. The summed E-state index contributed by atoms with van der Waals surface area (Å²) in [5.74, 6) is 0.657. The maximum Gasteiger partial charge on any atom is 0.253 e. The van der Waals surface area contributed by atoms with E-state index in [9.17, 15) is 9.18 Å². The molecule has 1 heterocycles. The minimum Gasteiger partial charge on any atom is -0.463 e. The van der Waals surface area contributed by atoms with E-state index in [0.717, 1.165) is 29.4 Å². The van der Waals surface area contributed by atoms with Crippen molar-refractivity contribution in [3.63, 3.8) is 0 Å². The molecule has 0 unspecified atom stereocenters. The Morgan fingerprint density at radius 3 is 2.35 bits per heavy atom. The molecule has 0 saturated carbocycles. The van der Waals surface area contributed by atoms with Crippen LogP contribution in [0.25, 0.3) is 0 Å². The average molecular weight is 671 g/mol. The summed E-state index contributed by atoms with van der Waals surface area (Å²) in [6.45, 7) is 11.2. The van der Waals surface area contributed by atoms with Gasteiger partial charge >= 0.3 is 0 Å². The van der Waals surface area contributed by atoms with Gasteiger partial charge in [0.05, 0.1) is 21.5 Å². The lowest BCUT2D eigenvalue weighted by Gasteiger charge is -2.13. The molecule has 0 saturated heterocycles. The number of anilines is 4. The van der Waals surface area contributed by atoms with Gasteiger partial charge in [-0.2, -0.15) is 4.98 Å². The Balaban J connectivity index is 0.000000451. The van der Waals surface area contributed by atoms with Crippen LogP contribution in [0.3, 0.4) is 0 Å². The summed E-state index contributed by atoms with van der Waals surface area (Å²) in [6, 6.07) is 21.6. The molecule has 6 N–H and O–H groups in total. The quantitative estimate of drug-likeness (QED) is 0.0595. The molecule has 0 aliphatic carbocycles. The van der Waals surface area contributed by atoms with Gasteiger partial charge in [-0.15, -0.1) is 0 Å². The number of primary amides is 1. The lowest BCUT2D eigenvalue weighted by Crippen LogP contribution is -2.19. The lowest BCUT2D eigenvalue weighted by atomic mass is 10.1. The van der Waals surface area contributed by atoms with E-state index in [1.54, 1.807) is 24.2 Å². The molecule has 0 fully saturated rings. The van der Waals surface area contributed by atoms with Gasteiger partial charge in [-0.3, -0.25) is 9.52 Å². The number of nitrogens with two attached hydrogens (primary N) is 1. The van der Waals surface area contributed by atoms with Crippen molar-refractivity contribution in [2.45, 2.75) is 25.7 Å². The van der Waals surface area contributed by atoms with Crippen molar-refractivity contribution in [2.24, 2.45) is 5.73 Å². The number of nitrogens with zero attached hydrogens (tertiary/aromatic N) is 2. The summed E-state index contributed by atoms with van der Waals surface area (Å²) in [5, 5.41) is 9.13. The number of rotatable bonds is 12. The van der Waals surface area contributed by atoms with Gasteiger partial charge in [0.1, 0.15) is 17.4 Å². The summed E-state index contributed by atoms with van der Waals surface area (Å²) >= 11 is 4.91. The zero-order valence-corrected chi connectivity index (χ0v) is 27.0. The largest absolute Gasteiger partial charge is 0.463 e. The van der Waals surface area contributed by atoms with E-state index in [-0.39, 0.29) is 11.3 Å². The number of benzene rings is 3. The SMILES string of the molecule is C=C(C)Oc1ccccc1.CC.CNCCNSc1ccc(Nc2ncc(Br)c(Nc3cccc(F)c3C(N)=O)n2)cc1. The van der Waals surface area contributed by atoms with E-state index < -0.39 is 11.7 Å². The number of aromatic nitrogens is 2. The molecular formula is C31H37BrFN7O2S. The first kappa shape index (κ1) is 35.2. The van der Waals surface area contributed by atoms with Crippen molar-refractivity contribution in [3.05, 3.63) is 107 Å². The second-order valence-corrected chi connectivity index (χ2v) is 10.2. The Bertz CT molecular complexity index is 1440. The Morgan fingerprint density at radius 2 is 1.72 bits per heavy atom. The molecule has 1 amide bonds. The van der Waals surface area contributed by atoms with E-state index in [0.29, 0.717) is 22.0 Å². The van der Waals surface area contributed by atoms with Crippen LogP contribution < -0.4 is 31.1 Å². The number of halogens is 2. The molecule has 1 aromatic heterocycles. The first-order valence-electron chi connectivity index (χ1n) is 13.4. The molecule has 0 aliphatic rings. The van der Waals surface area contributed by atoms with Gasteiger partial charge < -0.3 is 26.4 Å². The number of hydrogen-bond acceptors (Lipinski definition) is 9. The smallest absolute Gasteiger partial charge is 0.253 e. The highest BCUT2D eigenvalue weighted by Crippen LogP contribution is 2.28. The molecule has 0 aliphatic heterocycles. The van der Waals surface area contributed by atoms with Gasteiger partial charge in [-0.25, -0.2) is 9.37 Å². The van der Waals surface area contributed by atoms with Gasteiger partial charge in [0.25, 0.3) is 5.91 Å². The van der Waals surface area contributed by atoms with Gasteiger partial charge in [0.2, 0.25) is 5.95 Å².